The van der Waals surface area contributed by atoms with Gasteiger partial charge in [-0.3, -0.25) is 4.79 Å². The Morgan fingerprint density at radius 3 is 2.48 bits per heavy atom. The number of aryl methyl sites for hydroxylation is 1. The van der Waals surface area contributed by atoms with Crippen LogP contribution >= 0.6 is 11.8 Å². The number of amides is 1. The van der Waals surface area contributed by atoms with E-state index in [9.17, 15) is 13.2 Å². The van der Waals surface area contributed by atoms with Gasteiger partial charge >= 0.3 is 0 Å². The van der Waals surface area contributed by atoms with E-state index >= 15 is 0 Å². The lowest BCUT2D eigenvalue weighted by Crippen LogP contribution is -2.49. The lowest BCUT2D eigenvalue weighted by atomic mass is 9.93. The van der Waals surface area contributed by atoms with Crippen molar-refractivity contribution in [2.75, 3.05) is 17.3 Å². The second kappa shape index (κ2) is 7.73. The zero-order valence-electron chi connectivity index (χ0n) is 15.8. The van der Waals surface area contributed by atoms with E-state index in [-0.39, 0.29) is 29.5 Å². The smallest absolute Gasteiger partial charge is 0.233 e. The van der Waals surface area contributed by atoms with Crippen molar-refractivity contribution in [3.05, 3.63) is 5.82 Å². The van der Waals surface area contributed by atoms with Crippen LogP contribution < -0.4 is 0 Å². The predicted molar refractivity (Wildman–Crippen MR) is 105 cm³/mol. The second-order valence-corrected chi connectivity index (χ2v) is 11.2. The zero-order chi connectivity index (χ0) is 19.0. The monoisotopic (exact) mass is 412 g/mol. The molecule has 3 aliphatic rings. The number of aromatic nitrogens is 3. The van der Waals surface area contributed by atoms with Gasteiger partial charge in [-0.15, -0.1) is 10.2 Å². The summed E-state index contributed by atoms with van der Waals surface area (Å²) in [5.41, 5.74) is 0. The van der Waals surface area contributed by atoms with E-state index in [0.29, 0.717) is 18.2 Å². The van der Waals surface area contributed by atoms with Crippen LogP contribution in [0.15, 0.2) is 5.16 Å². The van der Waals surface area contributed by atoms with E-state index in [1.54, 1.807) is 0 Å². The average molecular weight is 413 g/mol. The van der Waals surface area contributed by atoms with Gasteiger partial charge in [0.2, 0.25) is 5.91 Å². The number of hydrogen-bond donors (Lipinski definition) is 0. The standard InChI is InChI=1S/C18H28N4O3S2/c1-13-19-20-18(21(13)15-7-8-15)26-11-17(23)22(14-5-3-2-4-6-14)16-9-10-27(24,25)12-16/h14-16H,2-12H2,1H3/t16-/m1/s1. The first-order valence-corrected chi connectivity index (χ1v) is 12.8. The maximum Gasteiger partial charge on any atom is 0.233 e. The van der Waals surface area contributed by atoms with Gasteiger partial charge in [-0.2, -0.15) is 0 Å². The molecule has 1 aromatic rings. The van der Waals surface area contributed by atoms with Crippen LogP contribution in [-0.2, 0) is 14.6 Å². The summed E-state index contributed by atoms with van der Waals surface area (Å²) >= 11 is 1.44. The van der Waals surface area contributed by atoms with Crippen molar-refractivity contribution < 1.29 is 13.2 Å². The van der Waals surface area contributed by atoms with Crippen molar-refractivity contribution in [3.63, 3.8) is 0 Å². The van der Waals surface area contributed by atoms with E-state index in [0.717, 1.165) is 49.5 Å². The van der Waals surface area contributed by atoms with Crippen molar-refractivity contribution in [1.82, 2.24) is 19.7 Å². The minimum atomic E-state index is -3.01. The van der Waals surface area contributed by atoms with Crippen LogP contribution in [0, 0.1) is 6.92 Å². The molecule has 2 heterocycles. The van der Waals surface area contributed by atoms with Crippen LogP contribution in [0.1, 0.15) is 63.2 Å². The van der Waals surface area contributed by atoms with Gasteiger partial charge in [-0.25, -0.2) is 8.42 Å². The Hall–Kier alpha value is -1.09. The normalized spacial score (nSPS) is 25.6. The molecule has 0 unspecified atom stereocenters. The first kappa shape index (κ1) is 19.2. The lowest BCUT2D eigenvalue weighted by Gasteiger charge is -2.38. The fraction of sp³-hybridized carbons (Fsp3) is 0.833. The molecule has 2 aliphatic carbocycles. The highest BCUT2D eigenvalue weighted by atomic mass is 32.2. The zero-order valence-corrected chi connectivity index (χ0v) is 17.5. The molecule has 0 bridgehead atoms. The third-order valence-electron chi connectivity index (χ3n) is 5.93. The van der Waals surface area contributed by atoms with E-state index in [1.165, 1.54) is 18.2 Å². The Morgan fingerprint density at radius 2 is 1.85 bits per heavy atom. The molecule has 3 fully saturated rings. The molecule has 0 N–H and O–H groups in total. The first-order chi connectivity index (χ1) is 12.9. The summed E-state index contributed by atoms with van der Waals surface area (Å²) < 4.78 is 26.1. The Balaban J connectivity index is 1.47. The number of carbonyl (C=O) groups excluding carboxylic acids is 1. The molecule has 4 rings (SSSR count). The topological polar surface area (TPSA) is 85.2 Å². The van der Waals surface area contributed by atoms with Gasteiger partial charge in [0, 0.05) is 18.1 Å². The van der Waals surface area contributed by atoms with Gasteiger partial charge in [-0.05, 0) is 39.0 Å². The Bertz CT molecular complexity index is 798. The van der Waals surface area contributed by atoms with Crippen LogP contribution in [0.5, 0.6) is 0 Å². The maximum absolute atomic E-state index is 13.2. The summed E-state index contributed by atoms with van der Waals surface area (Å²) in [7, 11) is -3.01. The van der Waals surface area contributed by atoms with E-state index in [1.807, 2.05) is 11.8 Å². The van der Waals surface area contributed by atoms with Crippen molar-refractivity contribution in [2.24, 2.45) is 0 Å². The molecular formula is C18H28N4O3S2. The summed E-state index contributed by atoms with van der Waals surface area (Å²) in [6.45, 7) is 1.95. The molecule has 1 amide bonds. The summed E-state index contributed by atoms with van der Waals surface area (Å²) in [5.74, 6) is 1.58. The predicted octanol–water partition coefficient (Wildman–Crippen LogP) is 2.36. The molecule has 150 valence electrons. The molecule has 1 atom stereocenters. The van der Waals surface area contributed by atoms with Gasteiger partial charge in [0.15, 0.2) is 15.0 Å². The number of thioether (sulfide) groups is 1. The van der Waals surface area contributed by atoms with Gasteiger partial charge in [-0.1, -0.05) is 31.0 Å². The fourth-order valence-corrected chi connectivity index (χ4v) is 7.09. The Morgan fingerprint density at radius 1 is 1.11 bits per heavy atom. The Labute approximate surface area is 165 Å². The number of nitrogens with zero attached hydrogens (tertiary/aromatic N) is 4. The molecule has 1 saturated heterocycles. The van der Waals surface area contributed by atoms with Crippen molar-refractivity contribution in [1.29, 1.82) is 0 Å². The van der Waals surface area contributed by atoms with E-state index in [2.05, 4.69) is 14.8 Å². The van der Waals surface area contributed by atoms with Crippen LogP contribution in [0.3, 0.4) is 0 Å². The largest absolute Gasteiger partial charge is 0.335 e. The lowest BCUT2D eigenvalue weighted by molar-refractivity contribution is -0.133. The summed E-state index contributed by atoms with van der Waals surface area (Å²) in [6, 6.07) is 0.509. The maximum atomic E-state index is 13.2. The SMILES string of the molecule is Cc1nnc(SCC(=O)N(C2CCCCC2)[C@@H]2CCS(=O)(=O)C2)n1C1CC1. The number of sulfone groups is 1. The molecule has 1 aliphatic heterocycles. The van der Waals surface area contributed by atoms with Crippen molar-refractivity contribution in [2.45, 2.75) is 81.6 Å². The fourth-order valence-electron chi connectivity index (χ4n) is 4.46. The highest BCUT2D eigenvalue weighted by Gasteiger charge is 2.38. The first-order valence-electron chi connectivity index (χ1n) is 10.0. The molecule has 7 nitrogen and oxygen atoms in total. The van der Waals surface area contributed by atoms with Crippen LogP contribution in [0.4, 0.5) is 0 Å². The molecule has 2 saturated carbocycles. The van der Waals surface area contributed by atoms with Crippen LogP contribution in [0.2, 0.25) is 0 Å². The molecule has 0 aromatic carbocycles. The summed E-state index contributed by atoms with van der Waals surface area (Å²) in [4.78, 5) is 15.1. The summed E-state index contributed by atoms with van der Waals surface area (Å²) in [5, 5.41) is 9.24. The third kappa shape index (κ3) is 4.34. The van der Waals surface area contributed by atoms with Crippen molar-refractivity contribution >= 4 is 27.5 Å². The number of rotatable bonds is 6. The Kier molecular flexibility index (Phi) is 5.51. The molecule has 0 radical (unpaired) electrons. The highest BCUT2D eigenvalue weighted by molar-refractivity contribution is 7.99. The average Bonchev–Trinajstić information content (AvgIpc) is 3.32. The van der Waals surface area contributed by atoms with Gasteiger partial charge in [0.25, 0.3) is 0 Å². The molecule has 27 heavy (non-hydrogen) atoms. The number of carbonyl (C=O) groups is 1. The van der Waals surface area contributed by atoms with Crippen molar-refractivity contribution in [3.8, 4) is 0 Å². The summed E-state index contributed by atoms with van der Waals surface area (Å²) in [6.07, 6.45) is 8.30. The molecular weight excluding hydrogens is 384 g/mol. The van der Waals surface area contributed by atoms with Gasteiger partial charge in [0.05, 0.1) is 17.3 Å². The second-order valence-electron chi connectivity index (χ2n) is 8.07. The highest BCUT2D eigenvalue weighted by Crippen LogP contribution is 2.38. The van der Waals surface area contributed by atoms with E-state index < -0.39 is 9.84 Å². The minimum absolute atomic E-state index is 0.0528. The minimum Gasteiger partial charge on any atom is -0.335 e. The molecule has 0 spiro atoms. The molecule has 1 aromatic heterocycles. The number of hydrogen-bond acceptors (Lipinski definition) is 6. The third-order valence-corrected chi connectivity index (χ3v) is 8.61. The van der Waals surface area contributed by atoms with Crippen LogP contribution in [-0.4, -0.2) is 63.3 Å². The van der Waals surface area contributed by atoms with Crippen LogP contribution in [0.25, 0.3) is 0 Å². The van der Waals surface area contributed by atoms with Gasteiger partial charge in [0.1, 0.15) is 5.82 Å². The quantitative estimate of drug-likeness (QED) is 0.667. The van der Waals surface area contributed by atoms with Gasteiger partial charge < -0.3 is 9.47 Å². The molecule has 9 heteroatoms. The van der Waals surface area contributed by atoms with E-state index in [4.69, 9.17) is 0 Å².